The number of alkyl halides is 3. The molecule has 1 aliphatic carbocycles. The van der Waals surface area contributed by atoms with Crippen LogP contribution in [0.3, 0.4) is 0 Å². The Morgan fingerprint density at radius 2 is 1.93 bits per heavy atom. The Bertz CT molecular complexity index is 975. The molecule has 2 aromatic carbocycles. The van der Waals surface area contributed by atoms with Gasteiger partial charge >= 0.3 is 12.3 Å². The average Bonchev–Trinajstić information content (AvgIpc) is 3.43. The van der Waals surface area contributed by atoms with Crippen molar-refractivity contribution < 1.29 is 36.6 Å². The molecule has 0 radical (unpaired) electrons. The van der Waals surface area contributed by atoms with Crippen LogP contribution in [0, 0.1) is 17.6 Å². The Hall–Kier alpha value is -2.84. The number of carboxylic acid groups (broad SMARTS) is 1. The molecule has 0 bridgehead atoms. The highest BCUT2D eigenvalue weighted by Gasteiger charge is 2.46. The second-order valence-electron chi connectivity index (χ2n) is 7.23. The molecule has 2 atom stereocenters. The van der Waals surface area contributed by atoms with Crippen LogP contribution in [-0.4, -0.2) is 24.0 Å². The minimum atomic E-state index is -4.89. The number of hydrogen-bond acceptors (Lipinski definition) is 3. The van der Waals surface area contributed by atoms with Crippen molar-refractivity contribution in [2.24, 2.45) is 5.92 Å². The fraction of sp³-hybridized carbons (Fsp3) is 0.350. The lowest BCUT2D eigenvalue weighted by Crippen LogP contribution is -2.32. The Morgan fingerprint density at radius 3 is 2.59 bits per heavy atom. The number of nitrogens with zero attached hydrogens (tertiary/aromatic N) is 1. The fourth-order valence-corrected chi connectivity index (χ4v) is 3.86. The van der Waals surface area contributed by atoms with E-state index in [0.29, 0.717) is 23.1 Å². The minimum Gasteiger partial charge on any atom is -0.481 e. The van der Waals surface area contributed by atoms with Gasteiger partial charge in [0.1, 0.15) is 17.4 Å². The largest absolute Gasteiger partial charge is 0.573 e. The highest BCUT2D eigenvalue weighted by Crippen LogP contribution is 2.49. The molecule has 2 aliphatic rings. The summed E-state index contributed by atoms with van der Waals surface area (Å²) in [7, 11) is 0. The third kappa shape index (κ3) is 3.86. The lowest BCUT2D eigenvalue weighted by atomic mass is 9.94. The molecule has 0 aromatic heterocycles. The Balaban J connectivity index is 1.58. The van der Waals surface area contributed by atoms with Gasteiger partial charge in [0.2, 0.25) is 0 Å². The molecule has 4 nitrogen and oxygen atoms in total. The van der Waals surface area contributed by atoms with Crippen LogP contribution in [-0.2, 0) is 17.8 Å². The number of aliphatic carboxylic acids is 1. The number of rotatable bonds is 4. The maximum Gasteiger partial charge on any atom is 0.573 e. The van der Waals surface area contributed by atoms with E-state index in [-0.39, 0.29) is 31.1 Å². The van der Waals surface area contributed by atoms with Gasteiger partial charge in [-0.1, -0.05) is 12.1 Å². The van der Waals surface area contributed by atoms with Crippen LogP contribution in [0.4, 0.5) is 27.6 Å². The Labute approximate surface area is 162 Å². The molecule has 1 heterocycles. The van der Waals surface area contributed by atoms with Crippen molar-refractivity contribution in [1.29, 1.82) is 0 Å². The van der Waals surface area contributed by atoms with E-state index in [1.54, 1.807) is 12.1 Å². The van der Waals surface area contributed by atoms with E-state index in [9.17, 15) is 26.7 Å². The number of anilines is 1. The van der Waals surface area contributed by atoms with Crippen molar-refractivity contribution in [3.05, 3.63) is 58.7 Å². The van der Waals surface area contributed by atoms with Gasteiger partial charge < -0.3 is 14.7 Å². The maximum atomic E-state index is 14.9. The second kappa shape index (κ2) is 6.89. The van der Waals surface area contributed by atoms with Gasteiger partial charge in [0.05, 0.1) is 11.6 Å². The zero-order chi connectivity index (χ0) is 20.9. The standard InChI is InChI=1S/C20H16F5NO3/c21-16-4-2-11(29-20(23,24)25)7-17(16)26-6-5-12-10(9-26)1-3-13(18(12)22)14-8-15(14)19(27)28/h1-4,7,14-15H,5-6,8-9H2,(H,27,28)/t14-,15+/m1/s1. The molecular weight excluding hydrogens is 397 g/mol. The Kier molecular flexibility index (Phi) is 4.63. The zero-order valence-electron chi connectivity index (χ0n) is 15.0. The number of carbonyl (C=O) groups is 1. The highest BCUT2D eigenvalue weighted by molar-refractivity contribution is 5.75. The van der Waals surface area contributed by atoms with Crippen molar-refractivity contribution in [1.82, 2.24) is 0 Å². The molecule has 0 amide bonds. The maximum absolute atomic E-state index is 14.9. The van der Waals surface area contributed by atoms with Gasteiger partial charge in [-0.15, -0.1) is 13.2 Å². The number of hydrogen-bond donors (Lipinski definition) is 1. The predicted molar refractivity (Wildman–Crippen MR) is 92.7 cm³/mol. The summed E-state index contributed by atoms with van der Waals surface area (Å²) < 4.78 is 70.3. The van der Waals surface area contributed by atoms with Crippen molar-refractivity contribution in [2.75, 3.05) is 11.4 Å². The second-order valence-corrected chi connectivity index (χ2v) is 7.23. The molecule has 29 heavy (non-hydrogen) atoms. The van der Waals surface area contributed by atoms with E-state index < -0.39 is 35.6 Å². The molecule has 1 N–H and O–H groups in total. The average molecular weight is 413 g/mol. The molecule has 154 valence electrons. The van der Waals surface area contributed by atoms with E-state index in [2.05, 4.69) is 4.74 Å². The van der Waals surface area contributed by atoms with Crippen LogP contribution in [0.15, 0.2) is 30.3 Å². The van der Waals surface area contributed by atoms with Crippen LogP contribution in [0.2, 0.25) is 0 Å². The van der Waals surface area contributed by atoms with E-state index in [1.807, 2.05) is 0 Å². The molecule has 1 saturated carbocycles. The lowest BCUT2D eigenvalue weighted by molar-refractivity contribution is -0.274. The third-order valence-corrected chi connectivity index (χ3v) is 5.36. The number of halogens is 5. The highest BCUT2D eigenvalue weighted by atomic mass is 19.4. The fourth-order valence-electron chi connectivity index (χ4n) is 3.86. The van der Waals surface area contributed by atoms with E-state index in [4.69, 9.17) is 5.11 Å². The van der Waals surface area contributed by atoms with Crippen molar-refractivity contribution in [3.8, 4) is 5.75 Å². The summed E-state index contributed by atoms with van der Waals surface area (Å²) in [5, 5.41) is 9.05. The summed E-state index contributed by atoms with van der Waals surface area (Å²) in [6.07, 6.45) is -4.27. The van der Waals surface area contributed by atoms with Crippen LogP contribution in [0.1, 0.15) is 29.0 Å². The van der Waals surface area contributed by atoms with Crippen molar-refractivity contribution in [2.45, 2.75) is 31.7 Å². The summed E-state index contributed by atoms with van der Waals surface area (Å²) in [5.41, 5.74) is 1.34. The molecule has 0 unspecified atom stereocenters. The van der Waals surface area contributed by atoms with Crippen LogP contribution in [0.25, 0.3) is 0 Å². The van der Waals surface area contributed by atoms with E-state index >= 15 is 0 Å². The topological polar surface area (TPSA) is 49.8 Å². The predicted octanol–water partition coefficient (Wildman–Crippen LogP) is 4.61. The van der Waals surface area contributed by atoms with Gasteiger partial charge in [0.15, 0.2) is 0 Å². The summed E-state index contributed by atoms with van der Waals surface area (Å²) in [6.45, 7) is 0.318. The number of benzene rings is 2. The third-order valence-electron chi connectivity index (χ3n) is 5.36. The summed E-state index contributed by atoms with van der Waals surface area (Å²) in [5.74, 6) is -3.55. The number of fused-ring (bicyclic) bond motifs is 1. The molecule has 0 saturated heterocycles. The molecule has 4 rings (SSSR count). The van der Waals surface area contributed by atoms with Gasteiger partial charge in [-0.05, 0) is 41.7 Å². The lowest BCUT2D eigenvalue weighted by Gasteiger charge is -2.32. The first-order valence-corrected chi connectivity index (χ1v) is 8.97. The first-order chi connectivity index (χ1) is 13.6. The zero-order valence-corrected chi connectivity index (χ0v) is 15.0. The first-order valence-electron chi connectivity index (χ1n) is 8.97. The van der Waals surface area contributed by atoms with Crippen LogP contribution >= 0.6 is 0 Å². The number of carboxylic acids is 1. The number of ether oxygens (including phenoxy) is 1. The van der Waals surface area contributed by atoms with Gasteiger partial charge in [-0.25, -0.2) is 8.78 Å². The molecule has 0 spiro atoms. The van der Waals surface area contributed by atoms with E-state index in [0.717, 1.165) is 18.2 Å². The van der Waals surface area contributed by atoms with Crippen molar-refractivity contribution >= 4 is 11.7 Å². The molecule has 2 aromatic rings. The minimum absolute atomic E-state index is 0.0602. The first kappa shape index (κ1) is 19.5. The summed E-state index contributed by atoms with van der Waals surface area (Å²) >= 11 is 0. The van der Waals surface area contributed by atoms with E-state index in [1.165, 1.54) is 4.90 Å². The van der Waals surface area contributed by atoms with Gasteiger partial charge in [-0.2, -0.15) is 0 Å². The molecule has 9 heteroatoms. The van der Waals surface area contributed by atoms with Gasteiger partial charge in [0.25, 0.3) is 0 Å². The van der Waals surface area contributed by atoms with Gasteiger partial charge in [-0.3, -0.25) is 4.79 Å². The van der Waals surface area contributed by atoms with Crippen LogP contribution in [0.5, 0.6) is 5.75 Å². The smallest absolute Gasteiger partial charge is 0.481 e. The van der Waals surface area contributed by atoms with Crippen molar-refractivity contribution in [3.63, 3.8) is 0 Å². The molecular formula is C20H16F5NO3. The van der Waals surface area contributed by atoms with Gasteiger partial charge in [0, 0.05) is 25.1 Å². The monoisotopic (exact) mass is 413 g/mol. The molecule has 1 aliphatic heterocycles. The summed E-state index contributed by atoms with van der Waals surface area (Å²) in [6, 6.07) is 5.98. The SMILES string of the molecule is O=C(O)[C@H]1C[C@@H]1c1ccc2c(c1F)CCN(c1cc(OC(F)(F)F)ccc1F)C2. The quantitative estimate of drug-likeness (QED) is 0.744. The summed E-state index contributed by atoms with van der Waals surface area (Å²) in [4.78, 5) is 12.6. The normalized spacial score (nSPS) is 20.9. The van der Waals surface area contributed by atoms with Crippen LogP contribution < -0.4 is 9.64 Å². The molecule has 1 fully saturated rings. The Morgan fingerprint density at radius 1 is 1.17 bits per heavy atom.